The largest absolute Gasteiger partial charge is 0.493 e. The second-order valence-electron chi connectivity index (χ2n) is 6.15. The normalized spacial score (nSPS) is 15.7. The summed E-state index contributed by atoms with van der Waals surface area (Å²) in [4.78, 5) is 7.03. The first-order valence-electron chi connectivity index (χ1n) is 8.30. The highest BCUT2D eigenvalue weighted by molar-refractivity contribution is 6.30. The molecule has 0 amide bonds. The molecule has 0 spiro atoms. The molecule has 0 aliphatic carbocycles. The fraction of sp³-hybridized carbons (Fsp3) is 0.333. The number of hydrogen-bond acceptors (Lipinski definition) is 5. The molecular weight excluding hydrogens is 340 g/mol. The van der Waals surface area contributed by atoms with Crippen LogP contribution in [-0.4, -0.2) is 50.9 Å². The summed E-state index contributed by atoms with van der Waals surface area (Å²) in [5.41, 5.74) is 3.39. The summed E-state index contributed by atoms with van der Waals surface area (Å²) >= 11 is 5.98. The highest BCUT2D eigenvalue weighted by Crippen LogP contribution is 2.26. The Morgan fingerprint density at radius 3 is 2.64 bits per heavy atom. The van der Waals surface area contributed by atoms with Crippen LogP contribution in [0, 0.1) is 0 Å². The molecule has 130 valence electrons. The van der Waals surface area contributed by atoms with Gasteiger partial charge in [0.25, 0.3) is 0 Å². The van der Waals surface area contributed by atoms with E-state index in [1.54, 1.807) is 12.3 Å². The van der Waals surface area contributed by atoms with Gasteiger partial charge in [0.1, 0.15) is 0 Å². The molecule has 1 aliphatic heterocycles. The van der Waals surface area contributed by atoms with Crippen LogP contribution in [0.3, 0.4) is 0 Å². The third kappa shape index (κ3) is 3.46. The summed E-state index contributed by atoms with van der Waals surface area (Å²) in [5.74, 6) is 0.146. The predicted octanol–water partition coefficient (Wildman–Crippen LogP) is 2.51. The molecule has 6 nitrogen and oxygen atoms in total. The summed E-state index contributed by atoms with van der Waals surface area (Å²) in [5, 5.41) is 15.6. The van der Waals surface area contributed by atoms with Crippen molar-refractivity contribution in [1.29, 1.82) is 0 Å². The van der Waals surface area contributed by atoms with Crippen molar-refractivity contribution in [3.8, 4) is 5.88 Å². The number of hydrogen-bond donors (Lipinski definition) is 1. The van der Waals surface area contributed by atoms with Crippen molar-refractivity contribution in [3.63, 3.8) is 0 Å². The van der Waals surface area contributed by atoms with Crippen LogP contribution in [0.2, 0.25) is 5.02 Å². The van der Waals surface area contributed by atoms with Crippen molar-refractivity contribution >= 4 is 17.2 Å². The van der Waals surface area contributed by atoms with Gasteiger partial charge in [0, 0.05) is 42.7 Å². The number of halogens is 1. The minimum absolute atomic E-state index is 0.146. The van der Waals surface area contributed by atoms with Crippen molar-refractivity contribution in [2.45, 2.75) is 13.0 Å². The molecule has 3 aromatic rings. The summed E-state index contributed by atoms with van der Waals surface area (Å²) in [6.45, 7) is 3.88. The molecule has 2 aromatic heterocycles. The fourth-order valence-electron chi connectivity index (χ4n) is 3.10. The highest BCUT2D eigenvalue weighted by Gasteiger charge is 2.19. The molecule has 0 radical (unpaired) electrons. The van der Waals surface area contributed by atoms with Crippen LogP contribution in [0.15, 0.2) is 36.5 Å². The van der Waals surface area contributed by atoms with Crippen LogP contribution < -0.4 is 0 Å². The Bertz CT molecular complexity index is 873. The van der Waals surface area contributed by atoms with E-state index in [1.807, 2.05) is 24.3 Å². The van der Waals surface area contributed by atoms with E-state index in [2.05, 4.69) is 10.00 Å². The lowest BCUT2D eigenvalue weighted by Gasteiger charge is -2.27. The second-order valence-corrected chi connectivity index (χ2v) is 6.59. The summed E-state index contributed by atoms with van der Waals surface area (Å²) in [6, 6.07) is 9.45. The zero-order valence-corrected chi connectivity index (χ0v) is 14.5. The molecule has 1 fully saturated rings. The molecule has 1 saturated heterocycles. The van der Waals surface area contributed by atoms with Crippen LogP contribution in [0.5, 0.6) is 5.88 Å². The lowest BCUT2D eigenvalue weighted by molar-refractivity contribution is 0.0335. The molecule has 4 rings (SSSR count). The third-order valence-electron chi connectivity index (χ3n) is 4.46. The molecular formula is C18H19ClN4O2. The van der Waals surface area contributed by atoms with Gasteiger partial charge in [-0.2, -0.15) is 9.61 Å². The number of ether oxygens (including phenoxy) is 1. The average Bonchev–Trinajstić information content (AvgIpc) is 3.09. The fourth-order valence-corrected chi connectivity index (χ4v) is 3.22. The number of rotatable bonds is 4. The van der Waals surface area contributed by atoms with Crippen LogP contribution in [0.25, 0.3) is 5.65 Å². The van der Waals surface area contributed by atoms with E-state index < -0.39 is 0 Å². The number of morpholine rings is 1. The topological polar surface area (TPSA) is 62.9 Å². The van der Waals surface area contributed by atoms with Gasteiger partial charge in [0.05, 0.1) is 25.1 Å². The zero-order chi connectivity index (χ0) is 17.2. The Morgan fingerprint density at radius 2 is 1.88 bits per heavy atom. The van der Waals surface area contributed by atoms with E-state index in [1.165, 1.54) is 4.52 Å². The Labute approximate surface area is 150 Å². The van der Waals surface area contributed by atoms with E-state index in [-0.39, 0.29) is 5.88 Å². The van der Waals surface area contributed by atoms with Crippen molar-refractivity contribution in [2.24, 2.45) is 0 Å². The summed E-state index contributed by atoms with van der Waals surface area (Å²) < 4.78 is 6.90. The van der Waals surface area contributed by atoms with Crippen LogP contribution in [0.1, 0.15) is 16.8 Å². The SMILES string of the molecule is Oc1c(Cc2ccc(Cl)cc2)c(CN2CCOCC2)nc2ccnn12. The van der Waals surface area contributed by atoms with E-state index >= 15 is 0 Å². The molecule has 0 unspecified atom stereocenters. The summed E-state index contributed by atoms with van der Waals surface area (Å²) in [6.07, 6.45) is 2.22. The monoisotopic (exact) mass is 358 g/mol. The maximum Gasteiger partial charge on any atom is 0.219 e. The van der Waals surface area contributed by atoms with E-state index in [0.717, 1.165) is 43.1 Å². The molecule has 7 heteroatoms. The molecule has 25 heavy (non-hydrogen) atoms. The van der Waals surface area contributed by atoms with Gasteiger partial charge in [-0.05, 0) is 17.7 Å². The molecule has 0 bridgehead atoms. The lowest BCUT2D eigenvalue weighted by Crippen LogP contribution is -2.36. The number of benzene rings is 1. The van der Waals surface area contributed by atoms with Gasteiger partial charge in [-0.25, -0.2) is 4.98 Å². The van der Waals surface area contributed by atoms with Crippen molar-refractivity contribution in [3.05, 3.63) is 58.4 Å². The first kappa shape index (κ1) is 16.3. The zero-order valence-electron chi connectivity index (χ0n) is 13.7. The number of aromatic nitrogens is 3. The van der Waals surface area contributed by atoms with Gasteiger partial charge < -0.3 is 9.84 Å². The van der Waals surface area contributed by atoms with Crippen LogP contribution >= 0.6 is 11.6 Å². The Hall–Kier alpha value is -2.15. The van der Waals surface area contributed by atoms with Gasteiger partial charge in [0.15, 0.2) is 5.65 Å². The maximum atomic E-state index is 10.8. The maximum absolute atomic E-state index is 10.8. The molecule has 1 N–H and O–H groups in total. The first-order valence-corrected chi connectivity index (χ1v) is 8.67. The predicted molar refractivity (Wildman–Crippen MR) is 95.0 cm³/mol. The molecule has 0 saturated carbocycles. The van der Waals surface area contributed by atoms with Crippen molar-refractivity contribution < 1.29 is 9.84 Å². The minimum atomic E-state index is 0.146. The van der Waals surface area contributed by atoms with E-state index in [4.69, 9.17) is 21.3 Å². The molecule has 1 aliphatic rings. The van der Waals surface area contributed by atoms with Gasteiger partial charge in [-0.15, -0.1) is 0 Å². The van der Waals surface area contributed by atoms with Gasteiger partial charge in [0.2, 0.25) is 5.88 Å². The highest BCUT2D eigenvalue weighted by atomic mass is 35.5. The van der Waals surface area contributed by atoms with Gasteiger partial charge >= 0.3 is 0 Å². The van der Waals surface area contributed by atoms with E-state index in [0.29, 0.717) is 23.6 Å². The number of fused-ring (bicyclic) bond motifs is 1. The van der Waals surface area contributed by atoms with Crippen LogP contribution in [-0.2, 0) is 17.7 Å². The summed E-state index contributed by atoms with van der Waals surface area (Å²) in [7, 11) is 0. The average molecular weight is 359 g/mol. The Morgan fingerprint density at radius 1 is 1.12 bits per heavy atom. The lowest BCUT2D eigenvalue weighted by atomic mass is 10.0. The Kier molecular flexibility index (Phi) is 4.57. The Balaban J connectivity index is 1.72. The molecule has 3 heterocycles. The smallest absolute Gasteiger partial charge is 0.219 e. The quantitative estimate of drug-likeness (QED) is 0.776. The third-order valence-corrected chi connectivity index (χ3v) is 4.71. The standard InChI is InChI=1S/C18H19ClN4O2/c19-14-3-1-13(2-4-14)11-15-16(12-22-7-9-25-10-8-22)21-17-5-6-20-23(17)18(15)24/h1-6,24H,7-12H2. The number of nitrogens with zero attached hydrogens (tertiary/aromatic N) is 4. The molecule has 1 aromatic carbocycles. The van der Waals surface area contributed by atoms with Gasteiger partial charge in [-0.3, -0.25) is 4.90 Å². The van der Waals surface area contributed by atoms with Crippen molar-refractivity contribution in [2.75, 3.05) is 26.3 Å². The molecule has 0 atom stereocenters. The van der Waals surface area contributed by atoms with Crippen molar-refractivity contribution in [1.82, 2.24) is 19.5 Å². The second kappa shape index (κ2) is 7.00. The van der Waals surface area contributed by atoms with Crippen LogP contribution in [0.4, 0.5) is 0 Å². The first-order chi connectivity index (χ1) is 12.2. The van der Waals surface area contributed by atoms with E-state index in [9.17, 15) is 5.11 Å². The van der Waals surface area contributed by atoms with Gasteiger partial charge in [-0.1, -0.05) is 23.7 Å². The number of aromatic hydroxyl groups is 1. The minimum Gasteiger partial charge on any atom is -0.493 e.